The fraction of sp³-hybridized carbons (Fsp3) is 0.889. The first-order valence-electron chi connectivity index (χ1n) is 4.73. The standard InChI is InChI=1S/C9H14ClF2NO/c1-6(10)9(14)13-4-2-7(3-5-13)8(11)12/h6-8H,2-5H2,1H3/t6-/m1/s1. The zero-order chi connectivity index (χ0) is 10.7. The van der Waals surface area contributed by atoms with E-state index in [-0.39, 0.29) is 5.91 Å². The Labute approximate surface area is 87.2 Å². The van der Waals surface area contributed by atoms with Crippen LogP contribution in [0, 0.1) is 5.92 Å². The molecule has 1 atom stereocenters. The molecule has 0 saturated carbocycles. The highest BCUT2D eigenvalue weighted by molar-refractivity contribution is 6.30. The van der Waals surface area contributed by atoms with Gasteiger partial charge in [-0.2, -0.15) is 0 Å². The minimum absolute atomic E-state index is 0.153. The Morgan fingerprint density at radius 3 is 2.29 bits per heavy atom. The maximum atomic E-state index is 12.3. The highest BCUT2D eigenvalue weighted by Gasteiger charge is 2.29. The van der Waals surface area contributed by atoms with Crippen molar-refractivity contribution in [1.29, 1.82) is 0 Å². The molecule has 0 aromatic heterocycles. The minimum atomic E-state index is -2.26. The normalized spacial score (nSPS) is 21.4. The SMILES string of the molecule is C[C@@H](Cl)C(=O)N1CCC(C(F)F)CC1. The van der Waals surface area contributed by atoms with E-state index in [0.29, 0.717) is 25.9 Å². The van der Waals surface area contributed by atoms with Crippen LogP contribution >= 0.6 is 11.6 Å². The molecule has 5 heteroatoms. The van der Waals surface area contributed by atoms with Crippen molar-refractivity contribution in [1.82, 2.24) is 4.90 Å². The third-order valence-electron chi connectivity index (χ3n) is 2.55. The van der Waals surface area contributed by atoms with Crippen LogP contribution in [0.2, 0.25) is 0 Å². The Morgan fingerprint density at radius 1 is 1.43 bits per heavy atom. The molecule has 1 amide bonds. The van der Waals surface area contributed by atoms with Gasteiger partial charge in [0, 0.05) is 19.0 Å². The Morgan fingerprint density at radius 2 is 1.93 bits per heavy atom. The average Bonchev–Trinajstić information content (AvgIpc) is 2.16. The summed E-state index contributed by atoms with van der Waals surface area (Å²) in [6.45, 7) is 2.42. The van der Waals surface area contributed by atoms with Gasteiger partial charge >= 0.3 is 0 Å². The van der Waals surface area contributed by atoms with E-state index in [1.807, 2.05) is 0 Å². The molecule has 0 aromatic carbocycles. The first kappa shape index (κ1) is 11.7. The first-order chi connectivity index (χ1) is 6.52. The number of nitrogens with zero attached hydrogens (tertiary/aromatic N) is 1. The lowest BCUT2D eigenvalue weighted by Gasteiger charge is -2.32. The van der Waals surface area contributed by atoms with E-state index >= 15 is 0 Å². The van der Waals surface area contributed by atoms with Crippen LogP contribution < -0.4 is 0 Å². The van der Waals surface area contributed by atoms with Gasteiger partial charge in [0.1, 0.15) is 5.38 Å². The molecule has 82 valence electrons. The lowest BCUT2D eigenvalue weighted by molar-refractivity contribution is -0.132. The highest BCUT2D eigenvalue weighted by Crippen LogP contribution is 2.24. The smallest absolute Gasteiger partial charge is 0.241 e. The van der Waals surface area contributed by atoms with Crippen LogP contribution in [0.15, 0.2) is 0 Å². The number of amides is 1. The summed E-state index contributed by atoms with van der Waals surface area (Å²) in [5.41, 5.74) is 0. The maximum Gasteiger partial charge on any atom is 0.241 e. The second-order valence-corrected chi connectivity index (χ2v) is 4.27. The largest absolute Gasteiger partial charge is 0.341 e. The van der Waals surface area contributed by atoms with Crippen LogP contribution in [0.1, 0.15) is 19.8 Å². The summed E-state index contributed by atoms with van der Waals surface area (Å²) < 4.78 is 24.6. The Bertz CT molecular complexity index is 203. The van der Waals surface area contributed by atoms with E-state index in [1.165, 1.54) is 0 Å². The van der Waals surface area contributed by atoms with Crippen molar-refractivity contribution in [3.63, 3.8) is 0 Å². The summed E-state index contributed by atoms with van der Waals surface area (Å²) in [7, 11) is 0. The van der Waals surface area contributed by atoms with Crippen LogP contribution in [-0.4, -0.2) is 35.7 Å². The molecular formula is C9H14ClF2NO. The van der Waals surface area contributed by atoms with Crippen LogP contribution in [0.25, 0.3) is 0 Å². The number of rotatable bonds is 2. The van der Waals surface area contributed by atoms with E-state index in [1.54, 1.807) is 11.8 Å². The molecule has 0 N–H and O–H groups in total. The zero-order valence-electron chi connectivity index (χ0n) is 8.05. The third-order valence-corrected chi connectivity index (χ3v) is 2.73. The van der Waals surface area contributed by atoms with Crippen molar-refractivity contribution in [2.45, 2.75) is 31.6 Å². The van der Waals surface area contributed by atoms with Gasteiger partial charge in [-0.3, -0.25) is 4.79 Å². The number of carbonyl (C=O) groups excluding carboxylic acids is 1. The second-order valence-electron chi connectivity index (χ2n) is 3.61. The Balaban J connectivity index is 2.39. The lowest BCUT2D eigenvalue weighted by Crippen LogP contribution is -2.42. The molecule has 0 bridgehead atoms. The van der Waals surface area contributed by atoms with Crippen LogP contribution in [0.4, 0.5) is 8.78 Å². The van der Waals surface area contributed by atoms with Crippen molar-refractivity contribution < 1.29 is 13.6 Å². The van der Waals surface area contributed by atoms with E-state index < -0.39 is 17.7 Å². The lowest BCUT2D eigenvalue weighted by atomic mass is 9.97. The van der Waals surface area contributed by atoms with E-state index in [9.17, 15) is 13.6 Å². The molecule has 0 spiro atoms. The molecular weight excluding hydrogens is 212 g/mol. The summed E-state index contributed by atoms with van der Waals surface area (Å²) >= 11 is 5.62. The third kappa shape index (κ3) is 2.80. The monoisotopic (exact) mass is 225 g/mol. The molecule has 0 unspecified atom stereocenters. The van der Waals surface area contributed by atoms with Gasteiger partial charge in [0.2, 0.25) is 12.3 Å². The summed E-state index contributed by atoms with van der Waals surface area (Å²) in [5, 5.41) is -0.557. The topological polar surface area (TPSA) is 20.3 Å². The molecule has 0 aromatic rings. The average molecular weight is 226 g/mol. The predicted molar refractivity (Wildman–Crippen MR) is 50.6 cm³/mol. The number of carbonyl (C=O) groups is 1. The summed E-state index contributed by atoms with van der Waals surface area (Å²) in [6.07, 6.45) is -1.50. The van der Waals surface area contributed by atoms with Gasteiger partial charge in [-0.25, -0.2) is 8.78 Å². The quantitative estimate of drug-likeness (QED) is 0.660. The number of alkyl halides is 3. The van der Waals surface area contributed by atoms with Gasteiger partial charge < -0.3 is 4.90 Å². The van der Waals surface area contributed by atoms with Gasteiger partial charge in [0.15, 0.2) is 0 Å². The van der Waals surface area contributed by atoms with E-state index in [0.717, 1.165) is 0 Å². The molecule has 0 radical (unpaired) electrons. The summed E-state index contributed by atoms with van der Waals surface area (Å²) in [4.78, 5) is 12.9. The molecule has 1 aliphatic rings. The fourth-order valence-electron chi connectivity index (χ4n) is 1.62. The number of hydrogen-bond donors (Lipinski definition) is 0. The van der Waals surface area contributed by atoms with E-state index in [2.05, 4.69) is 0 Å². The van der Waals surface area contributed by atoms with Crippen molar-refractivity contribution in [3.8, 4) is 0 Å². The molecule has 0 aliphatic carbocycles. The fourth-order valence-corrected chi connectivity index (χ4v) is 1.76. The van der Waals surface area contributed by atoms with Crippen molar-refractivity contribution >= 4 is 17.5 Å². The second kappa shape index (κ2) is 4.91. The minimum Gasteiger partial charge on any atom is -0.341 e. The number of likely N-dealkylation sites (tertiary alicyclic amines) is 1. The maximum absolute atomic E-state index is 12.3. The highest BCUT2D eigenvalue weighted by atomic mass is 35.5. The number of hydrogen-bond acceptors (Lipinski definition) is 1. The van der Waals surface area contributed by atoms with Crippen molar-refractivity contribution in [3.05, 3.63) is 0 Å². The predicted octanol–water partition coefficient (Wildman–Crippen LogP) is 2.12. The summed E-state index contributed by atoms with van der Waals surface area (Å²) in [6, 6.07) is 0. The van der Waals surface area contributed by atoms with Gasteiger partial charge in [0.05, 0.1) is 0 Å². The van der Waals surface area contributed by atoms with Crippen LogP contribution in [0.5, 0.6) is 0 Å². The van der Waals surface area contributed by atoms with Gasteiger partial charge in [-0.1, -0.05) is 0 Å². The van der Waals surface area contributed by atoms with Gasteiger partial charge in [-0.05, 0) is 19.8 Å². The molecule has 2 nitrogen and oxygen atoms in total. The van der Waals surface area contributed by atoms with Crippen LogP contribution in [0.3, 0.4) is 0 Å². The van der Waals surface area contributed by atoms with Crippen molar-refractivity contribution in [2.75, 3.05) is 13.1 Å². The van der Waals surface area contributed by atoms with E-state index in [4.69, 9.17) is 11.6 Å². The molecule has 1 saturated heterocycles. The molecule has 1 heterocycles. The number of halogens is 3. The van der Waals surface area contributed by atoms with Gasteiger partial charge in [0.25, 0.3) is 0 Å². The van der Waals surface area contributed by atoms with Gasteiger partial charge in [-0.15, -0.1) is 11.6 Å². The Hall–Kier alpha value is -0.380. The molecule has 1 aliphatic heterocycles. The first-order valence-corrected chi connectivity index (χ1v) is 5.17. The van der Waals surface area contributed by atoms with Crippen molar-refractivity contribution in [2.24, 2.45) is 5.92 Å². The Kier molecular flexibility index (Phi) is 4.11. The van der Waals surface area contributed by atoms with Crippen LogP contribution in [-0.2, 0) is 4.79 Å². The number of piperidine rings is 1. The zero-order valence-corrected chi connectivity index (χ0v) is 8.81. The molecule has 1 rings (SSSR count). The molecule has 1 fully saturated rings. The molecule has 14 heavy (non-hydrogen) atoms. The summed E-state index contributed by atoms with van der Waals surface area (Å²) in [5.74, 6) is -0.705.